The second-order valence-electron chi connectivity index (χ2n) is 4.47. The van der Waals surface area contributed by atoms with Gasteiger partial charge in [-0.05, 0) is 13.0 Å². The molecule has 1 unspecified atom stereocenters. The third-order valence-electron chi connectivity index (χ3n) is 2.74. The zero-order valence-corrected chi connectivity index (χ0v) is 15.5. The minimum atomic E-state index is -1.04. The van der Waals surface area contributed by atoms with Gasteiger partial charge in [-0.2, -0.15) is 0 Å². The highest BCUT2D eigenvalue weighted by molar-refractivity contribution is 6.43. The standard InChI is InChI=1S/C14H12Cl3N3O5/c1-6(24-10-5-8(16)7(15)4-9(10)17)11(21)25-14-19-12(22-2)18-13(20-14)23-3/h4-6H,1-3H3. The first-order valence-electron chi connectivity index (χ1n) is 6.71. The van der Waals surface area contributed by atoms with Crippen LogP contribution in [0.15, 0.2) is 12.1 Å². The summed E-state index contributed by atoms with van der Waals surface area (Å²) in [6, 6.07) is 2.35. The summed E-state index contributed by atoms with van der Waals surface area (Å²) in [7, 11) is 2.69. The van der Waals surface area contributed by atoms with E-state index in [1.165, 1.54) is 33.3 Å². The van der Waals surface area contributed by atoms with Gasteiger partial charge >= 0.3 is 24.0 Å². The summed E-state index contributed by atoms with van der Waals surface area (Å²) in [6.45, 7) is 1.46. The highest BCUT2D eigenvalue weighted by Crippen LogP contribution is 2.34. The van der Waals surface area contributed by atoms with Crippen LogP contribution in [0.1, 0.15) is 6.92 Å². The first kappa shape index (κ1) is 19.3. The Morgan fingerprint density at radius 1 is 0.920 bits per heavy atom. The number of aromatic nitrogens is 3. The normalized spacial score (nSPS) is 11.6. The van der Waals surface area contributed by atoms with Crippen LogP contribution in [0.3, 0.4) is 0 Å². The minimum absolute atomic E-state index is 0.0734. The monoisotopic (exact) mass is 407 g/mol. The van der Waals surface area contributed by atoms with Gasteiger partial charge in [0.1, 0.15) is 5.75 Å². The summed E-state index contributed by atoms with van der Waals surface area (Å²) in [6.07, 6.45) is -1.04. The summed E-state index contributed by atoms with van der Waals surface area (Å²) in [4.78, 5) is 23.5. The Bertz CT molecular complexity index is 768. The number of nitrogens with zero attached hydrogens (tertiary/aromatic N) is 3. The number of hydrogen-bond donors (Lipinski definition) is 0. The molecule has 0 saturated carbocycles. The van der Waals surface area contributed by atoms with Crippen molar-refractivity contribution in [3.05, 3.63) is 27.2 Å². The van der Waals surface area contributed by atoms with Crippen LogP contribution in [0, 0.1) is 0 Å². The number of ether oxygens (including phenoxy) is 4. The van der Waals surface area contributed by atoms with Crippen molar-refractivity contribution in [3.8, 4) is 23.8 Å². The lowest BCUT2D eigenvalue weighted by atomic mass is 10.3. The van der Waals surface area contributed by atoms with Gasteiger partial charge < -0.3 is 18.9 Å². The summed E-state index contributed by atoms with van der Waals surface area (Å²) >= 11 is 17.7. The Hall–Kier alpha value is -2.03. The number of rotatable bonds is 6. The molecule has 2 aromatic rings. The molecule has 8 nitrogen and oxygen atoms in total. The molecular formula is C14H12Cl3N3O5. The third kappa shape index (κ3) is 4.97. The molecule has 1 atom stereocenters. The van der Waals surface area contributed by atoms with Gasteiger partial charge in [0.25, 0.3) is 0 Å². The van der Waals surface area contributed by atoms with Crippen LogP contribution in [-0.4, -0.2) is 41.2 Å². The van der Waals surface area contributed by atoms with E-state index in [-0.39, 0.29) is 38.8 Å². The molecule has 2 rings (SSSR count). The lowest BCUT2D eigenvalue weighted by Crippen LogP contribution is -2.29. The van der Waals surface area contributed by atoms with Crippen molar-refractivity contribution >= 4 is 40.8 Å². The van der Waals surface area contributed by atoms with Gasteiger partial charge in [0.05, 0.1) is 29.3 Å². The van der Waals surface area contributed by atoms with Gasteiger partial charge in [-0.3, -0.25) is 0 Å². The lowest BCUT2D eigenvalue weighted by Gasteiger charge is -2.15. The maximum atomic E-state index is 12.1. The second-order valence-corrected chi connectivity index (χ2v) is 5.69. The maximum absolute atomic E-state index is 12.1. The maximum Gasteiger partial charge on any atom is 0.354 e. The molecule has 0 saturated heterocycles. The molecule has 0 aliphatic rings. The van der Waals surface area contributed by atoms with Crippen LogP contribution in [0.2, 0.25) is 15.1 Å². The second kappa shape index (κ2) is 8.37. The summed E-state index contributed by atoms with van der Waals surface area (Å²) in [5.41, 5.74) is 0. The van der Waals surface area contributed by atoms with Gasteiger partial charge in [0.2, 0.25) is 0 Å². The largest absolute Gasteiger partial charge is 0.477 e. The molecule has 1 aromatic heterocycles. The average molecular weight is 409 g/mol. The molecule has 1 aromatic carbocycles. The van der Waals surface area contributed by atoms with Crippen molar-refractivity contribution < 1.29 is 23.7 Å². The summed E-state index contributed by atoms with van der Waals surface area (Å²) in [5, 5.41) is 0.685. The Morgan fingerprint density at radius 2 is 1.44 bits per heavy atom. The molecule has 1 heterocycles. The van der Waals surface area contributed by atoms with E-state index in [0.29, 0.717) is 0 Å². The van der Waals surface area contributed by atoms with Crippen LogP contribution in [0.5, 0.6) is 23.8 Å². The van der Waals surface area contributed by atoms with E-state index >= 15 is 0 Å². The topological polar surface area (TPSA) is 92.7 Å². The van der Waals surface area contributed by atoms with Crippen LogP contribution < -0.4 is 18.9 Å². The Morgan fingerprint density at radius 3 is 2.00 bits per heavy atom. The molecule has 0 amide bonds. The fourth-order valence-corrected chi connectivity index (χ4v) is 2.14. The van der Waals surface area contributed by atoms with Gasteiger partial charge in [-0.25, -0.2) is 4.79 Å². The molecule has 0 radical (unpaired) electrons. The Kier molecular flexibility index (Phi) is 6.46. The van der Waals surface area contributed by atoms with Crippen LogP contribution in [-0.2, 0) is 4.79 Å². The molecule has 134 valence electrons. The van der Waals surface area contributed by atoms with Crippen LogP contribution in [0.25, 0.3) is 0 Å². The van der Waals surface area contributed by atoms with Crippen molar-refractivity contribution in [1.29, 1.82) is 0 Å². The molecule has 0 fully saturated rings. The highest BCUT2D eigenvalue weighted by Gasteiger charge is 2.21. The van der Waals surface area contributed by atoms with E-state index in [2.05, 4.69) is 15.0 Å². The van der Waals surface area contributed by atoms with Gasteiger partial charge in [0, 0.05) is 6.07 Å². The number of methoxy groups -OCH3 is 2. The van der Waals surface area contributed by atoms with E-state index in [9.17, 15) is 4.79 Å². The molecule has 0 aliphatic carbocycles. The Labute approximate surface area is 157 Å². The number of carbonyl (C=O) groups is 1. The van der Waals surface area contributed by atoms with Crippen molar-refractivity contribution in [2.24, 2.45) is 0 Å². The van der Waals surface area contributed by atoms with E-state index in [1.807, 2.05) is 0 Å². The molecule has 0 aliphatic heterocycles. The summed E-state index contributed by atoms with van der Waals surface area (Å²) in [5.74, 6) is -0.608. The zero-order chi connectivity index (χ0) is 18.6. The predicted octanol–water partition coefficient (Wildman–Crippen LogP) is 3.22. The fourth-order valence-electron chi connectivity index (χ4n) is 1.55. The number of hydrogen-bond acceptors (Lipinski definition) is 8. The van der Waals surface area contributed by atoms with Crippen LogP contribution in [0.4, 0.5) is 0 Å². The number of benzene rings is 1. The smallest absolute Gasteiger partial charge is 0.354 e. The first-order chi connectivity index (χ1) is 11.8. The van der Waals surface area contributed by atoms with Gasteiger partial charge in [-0.1, -0.05) is 34.8 Å². The molecule has 0 spiro atoms. The summed E-state index contributed by atoms with van der Waals surface area (Å²) < 4.78 is 20.2. The van der Waals surface area contributed by atoms with Crippen molar-refractivity contribution in [1.82, 2.24) is 15.0 Å². The van der Waals surface area contributed by atoms with Crippen molar-refractivity contribution in [2.75, 3.05) is 14.2 Å². The van der Waals surface area contributed by atoms with Gasteiger partial charge in [0.15, 0.2) is 6.10 Å². The fraction of sp³-hybridized carbons (Fsp3) is 0.286. The molecular weight excluding hydrogens is 397 g/mol. The third-order valence-corrected chi connectivity index (χ3v) is 3.76. The van der Waals surface area contributed by atoms with Crippen molar-refractivity contribution in [3.63, 3.8) is 0 Å². The molecule has 0 N–H and O–H groups in total. The predicted molar refractivity (Wildman–Crippen MR) is 90.1 cm³/mol. The highest BCUT2D eigenvalue weighted by atomic mass is 35.5. The quantitative estimate of drug-likeness (QED) is 0.531. The number of esters is 1. The SMILES string of the molecule is COc1nc(OC)nc(OC(=O)C(C)Oc2cc(Cl)c(Cl)cc2Cl)n1. The molecule has 25 heavy (non-hydrogen) atoms. The van der Waals surface area contributed by atoms with E-state index in [0.717, 1.165) is 0 Å². The molecule has 11 heteroatoms. The number of carbonyl (C=O) groups excluding carboxylic acids is 1. The first-order valence-corrected chi connectivity index (χ1v) is 7.84. The zero-order valence-electron chi connectivity index (χ0n) is 13.2. The van der Waals surface area contributed by atoms with Crippen LogP contribution >= 0.6 is 34.8 Å². The minimum Gasteiger partial charge on any atom is -0.477 e. The van der Waals surface area contributed by atoms with E-state index in [1.54, 1.807) is 0 Å². The average Bonchev–Trinajstić information content (AvgIpc) is 2.59. The lowest BCUT2D eigenvalue weighted by molar-refractivity contribution is -0.142. The van der Waals surface area contributed by atoms with Gasteiger partial charge in [-0.15, -0.1) is 15.0 Å². The van der Waals surface area contributed by atoms with Crippen molar-refractivity contribution in [2.45, 2.75) is 13.0 Å². The number of halogens is 3. The van der Waals surface area contributed by atoms with E-state index < -0.39 is 12.1 Å². The molecule has 0 bridgehead atoms. The Balaban J connectivity index is 2.12. The van der Waals surface area contributed by atoms with E-state index in [4.69, 9.17) is 53.8 Å².